The van der Waals surface area contributed by atoms with Gasteiger partial charge in [0.25, 0.3) is 11.8 Å². The summed E-state index contributed by atoms with van der Waals surface area (Å²) in [6.45, 7) is 13.7. The predicted octanol–water partition coefficient (Wildman–Crippen LogP) is 6.18. The molecule has 0 aromatic carbocycles. The van der Waals surface area contributed by atoms with Crippen LogP contribution < -0.4 is 22.1 Å². The third kappa shape index (κ3) is 17.9. The van der Waals surface area contributed by atoms with Crippen LogP contribution >= 0.6 is 0 Å². The highest BCUT2D eigenvalue weighted by molar-refractivity contribution is 6.24. The molecule has 2 aliphatic carbocycles. The number of nitrogens with two attached hydrogens (primary N) is 2. The molecule has 2 aliphatic heterocycles. The maximum atomic E-state index is 14.5. The number of aliphatic hydroxyl groups is 2. The summed E-state index contributed by atoms with van der Waals surface area (Å²) in [5.74, 6) is -5.25. The van der Waals surface area contributed by atoms with Gasteiger partial charge in [-0.2, -0.15) is 0 Å². The monoisotopic (exact) mass is 1110 g/mol. The van der Waals surface area contributed by atoms with Crippen LogP contribution in [0.3, 0.4) is 0 Å². The van der Waals surface area contributed by atoms with E-state index in [1.807, 2.05) is 13.8 Å². The molecule has 12 atom stereocenters. The van der Waals surface area contributed by atoms with Crippen LogP contribution in [0, 0.1) is 23.7 Å². The average molecular weight is 1120 g/mol. The lowest BCUT2D eigenvalue weighted by atomic mass is 9.81. The fraction of sp³-hybridized carbons (Fsp3) is 0.533. The fourth-order valence-electron chi connectivity index (χ4n) is 10.4. The van der Waals surface area contributed by atoms with Crippen LogP contribution in [-0.4, -0.2) is 135 Å². The zero-order chi connectivity index (χ0) is 59.7. The molecule has 8 N–H and O–H groups in total. The molecule has 80 heavy (non-hydrogen) atoms. The molecule has 4 rings (SSSR count). The standard InChI is InChI=1S/C60H82N4O16/c1-31-23-41-39(45(65)29-43(53(41)69)63-57(71)33(3)17-15-21-47(75-9)55(79-59(61)73)37(7)27-35(5)51(67)49(25-31)77-11)19-13-14-20-40-42-24-32(2)26-50(78-12)52(68)36(6)28-38(8)56(80-60(62)74)48(76-10)22-16-18-34(4)58(72)64-44(54(42)70)30-46(40)66/h15-18,21-22,27-32,35-36,47-52,55-56,67-68H,13-14,19-20,23-26H2,1-12H3,(H2,61,73)(H2,62,74)(H,63,71)(H,64,72)/b21-15-,22-16-,33-17+,34-18+,37-27+,38-28+/t31-,32-,35+,36+,47+,48+,49+,50+,51-,52-,55+,56+/m1/s1. The van der Waals surface area contributed by atoms with Crippen LogP contribution in [-0.2, 0) is 57.2 Å². The van der Waals surface area contributed by atoms with E-state index in [-0.39, 0.29) is 108 Å². The van der Waals surface area contributed by atoms with Crippen LogP contribution in [0.2, 0.25) is 0 Å². The topological polar surface area (TPSA) is 308 Å². The molecule has 4 bridgehead atoms. The molecule has 0 unspecified atom stereocenters. The Hall–Kier alpha value is -6.68. The number of nitrogens with one attached hydrogen (secondary N) is 2. The molecular weight excluding hydrogens is 1030 g/mol. The van der Waals surface area contributed by atoms with Crippen LogP contribution in [0.5, 0.6) is 0 Å². The summed E-state index contributed by atoms with van der Waals surface area (Å²) in [7, 11) is 5.72. The first-order valence-corrected chi connectivity index (χ1v) is 26.9. The molecular formula is C60H82N4O16. The van der Waals surface area contributed by atoms with E-state index in [4.69, 9.17) is 39.9 Å². The Morgan fingerprint density at radius 3 is 1.24 bits per heavy atom. The highest BCUT2D eigenvalue weighted by Crippen LogP contribution is 2.34. The number of carbonyl (C=O) groups is 8. The van der Waals surface area contributed by atoms with Crippen molar-refractivity contribution in [1.29, 1.82) is 0 Å². The Balaban J connectivity index is 1.70. The molecule has 0 saturated carbocycles. The number of ketones is 4. The Bertz CT molecular complexity index is 2500. The zero-order valence-corrected chi connectivity index (χ0v) is 48.1. The Morgan fingerprint density at radius 2 is 0.925 bits per heavy atom. The number of aliphatic hydroxyl groups excluding tert-OH is 2. The second kappa shape index (κ2) is 30.8. The minimum absolute atomic E-state index is 0.0682. The largest absolute Gasteiger partial charge is 0.439 e. The van der Waals surface area contributed by atoms with E-state index in [9.17, 15) is 48.6 Å². The SMILES string of the molecule is CO[C@H]1/C=C\C=C(/C)C(=O)NC2=CC(=O)C(CCCCC3=C4C[C@@H](C)C[C@H](OC)[C@H](O)[C@@H](C)/C=C(\C)[C@H](OC(N)=O)[C@@H](OC)/C=C\C=C(/C)C(=O)NC(=CC3=O)C4=O)=C(C[C@@H](C)C[C@H](OC)[C@H](O)[C@@H](C)/C=C(\C)[C@@H]1OC(N)=O)C2=O. The first-order chi connectivity index (χ1) is 37.8. The van der Waals surface area contributed by atoms with E-state index in [0.29, 0.717) is 11.1 Å². The van der Waals surface area contributed by atoms with Gasteiger partial charge in [0.15, 0.2) is 23.8 Å². The maximum absolute atomic E-state index is 14.5. The number of Topliss-reactive ketones (excluding diaryl/α,β-unsaturated/α-hetero) is 2. The number of hydrogen-bond donors (Lipinski definition) is 6. The lowest BCUT2D eigenvalue weighted by molar-refractivity contribution is -0.120. The van der Waals surface area contributed by atoms with Crippen molar-refractivity contribution in [1.82, 2.24) is 10.6 Å². The van der Waals surface area contributed by atoms with Gasteiger partial charge in [-0.1, -0.05) is 76.3 Å². The van der Waals surface area contributed by atoms with Gasteiger partial charge < -0.3 is 60.7 Å². The summed E-state index contributed by atoms with van der Waals surface area (Å²) in [4.78, 5) is 108. The van der Waals surface area contributed by atoms with Crippen LogP contribution in [0.1, 0.15) is 107 Å². The van der Waals surface area contributed by atoms with Crippen molar-refractivity contribution in [2.75, 3.05) is 28.4 Å². The second-order valence-electron chi connectivity index (χ2n) is 21.3. The van der Waals surface area contributed by atoms with Crippen LogP contribution in [0.15, 0.2) is 117 Å². The van der Waals surface area contributed by atoms with Crippen molar-refractivity contribution in [3.8, 4) is 0 Å². The van der Waals surface area contributed by atoms with Crippen molar-refractivity contribution in [2.45, 2.75) is 156 Å². The molecule has 0 saturated heterocycles. The quantitative estimate of drug-likeness (QED) is 0.0764. The van der Waals surface area contributed by atoms with Gasteiger partial charge in [0.1, 0.15) is 12.2 Å². The summed E-state index contributed by atoms with van der Waals surface area (Å²) in [6, 6.07) is 0. The molecule has 4 amide bonds. The number of methoxy groups -OCH3 is 4. The van der Waals surface area contributed by atoms with Gasteiger partial charge in [-0.15, -0.1) is 0 Å². The molecule has 0 aromatic rings. The highest BCUT2D eigenvalue weighted by Gasteiger charge is 2.36. The third-order valence-corrected chi connectivity index (χ3v) is 14.9. The van der Waals surface area contributed by atoms with E-state index in [1.165, 1.54) is 66.6 Å². The van der Waals surface area contributed by atoms with E-state index >= 15 is 0 Å². The van der Waals surface area contributed by atoms with Gasteiger partial charge in [-0.25, -0.2) is 9.59 Å². The van der Waals surface area contributed by atoms with Crippen molar-refractivity contribution < 1.29 is 77.0 Å². The minimum atomic E-state index is -1.08. The molecule has 4 aliphatic rings. The summed E-state index contributed by atoms with van der Waals surface area (Å²) < 4.78 is 33.8. The van der Waals surface area contributed by atoms with Crippen molar-refractivity contribution in [3.05, 3.63) is 117 Å². The molecule has 0 spiro atoms. The Morgan fingerprint density at radius 1 is 0.575 bits per heavy atom. The normalized spacial score (nSPS) is 33.0. The number of amides is 4. The number of ether oxygens (including phenoxy) is 6. The first kappa shape index (κ1) is 65.8. The molecule has 2 heterocycles. The maximum Gasteiger partial charge on any atom is 0.405 e. The van der Waals surface area contributed by atoms with Crippen molar-refractivity contribution in [3.63, 3.8) is 0 Å². The Labute approximate surface area is 469 Å². The van der Waals surface area contributed by atoms with Gasteiger partial charge in [-0.05, 0) is 102 Å². The highest BCUT2D eigenvalue weighted by atomic mass is 16.6. The third-order valence-electron chi connectivity index (χ3n) is 14.9. The number of allylic oxidation sites excluding steroid dienone is 10. The summed E-state index contributed by atoms with van der Waals surface area (Å²) in [5.41, 5.74) is 12.6. The van der Waals surface area contributed by atoms with E-state index in [1.54, 1.807) is 52.0 Å². The lowest BCUT2D eigenvalue weighted by Gasteiger charge is -2.30. The molecule has 0 fully saturated rings. The minimum Gasteiger partial charge on any atom is -0.439 e. The number of primary amides is 2. The number of unbranched alkanes of at least 4 members (excludes halogenated alkanes) is 1. The summed E-state index contributed by atoms with van der Waals surface area (Å²) in [6.07, 6.45) is 6.62. The lowest BCUT2D eigenvalue weighted by Crippen LogP contribution is -2.37. The van der Waals surface area contributed by atoms with Crippen LogP contribution in [0.25, 0.3) is 0 Å². The number of hydrogen-bond acceptors (Lipinski definition) is 16. The zero-order valence-electron chi connectivity index (χ0n) is 48.1. The van der Waals surface area contributed by atoms with E-state index in [2.05, 4.69) is 10.6 Å². The van der Waals surface area contributed by atoms with Gasteiger partial charge in [0.05, 0.1) is 35.8 Å². The average Bonchev–Trinajstić information content (AvgIpc) is 3.40. The van der Waals surface area contributed by atoms with Gasteiger partial charge in [0.2, 0.25) is 11.6 Å². The molecule has 0 aromatic heterocycles. The molecule has 0 radical (unpaired) electrons. The second-order valence-corrected chi connectivity index (χ2v) is 21.3. The van der Waals surface area contributed by atoms with Crippen molar-refractivity contribution >= 4 is 47.1 Å². The molecule has 20 heteroatoms. The Kier molecular flexibility index (Phi) is 25.3. The van der Waals surface area contributed by atoms with E-state index < -0.39 is 108 Å². The van der Waals surface area contributed by atoms with Gasteiger partial charge in [-0.3, -0.25) is 28.8 Å². The van der Waals surface area contributed by atoms with Crippen molar-refractivity contribution in [2.24, 2.45) is 35.1 Å². The number of rotatable bonds is 11. The fourth-order valence-corrected chi connectivity index (χ4v) is 10.4. The summed E-state index contributed by atoms with van der Waals surface area (Å²) >= 11 is 0. The molecule has 20 nitrogen and oxygen atoms in total. The smallest absolute Gasteiger partial charge is 0.405 e. The number of fused-ring (bicyclic) bond motifs is 4. The number of carbonyl (C=O) groups excluding carboxylic acids is 8. The van der Waals surface area contributed by atoms with Crippen LogP contribution in [0.4, 0.5) is 9.59 Å². The van der Waals surface area contributed by atoms with Gasteiger partial charge in [0, 0.05) is 85.9 Å². The van der Waals surface area contributed by atoms with E-state index in [0.717, 1.165) is 12.2 Å². The van der Waals surface area contributed by atoms with Gasteiger partial charge >= 0.3 is 12.2 Å². The summed E-state index contributed by atoms with van der Waals surface area (Å²) in [5, 5.41) is 28.5. The molecule has 438 valence electrons. The predicted molar refractivity (Wildman–Crippen MR) is 298 cm³/mol. The first-order valence-electron chi connectivity index (χ1n) is 26.9.